The van der Waals surface area contributed by atoms with Gasteiger partial charge in [-0.25, -0.2) is 18.7 Å². The van der Waals surface area contributed by atoms with Gasteiger partial charge in [0, 0.05) is 37.8 Å². The predicted octanol–water partition coefficient (Wildman–Crippen LogP) is 3.75. The fourth-order valence-electron chi connectivity index (χ4n) is 4.33. The second-order valence-electron chi connectivity index (χ2n) is 9.17. The number of fused-ring (bicyclic) bond motifs is 1. The molecule has 3 aromatic heterocycles. The molecular weight excluding hydrogens is 466 g/mol. The van der Waals surface area contributed by atoms with Crippen LogP contribution in [0.15, 0.2) is 48.8 Å². The Balaban J connectivity index is 1.47. The van der Waals surface area contributed by atoms with Crippen molar-refractivity contribution in [2.24, 2.45) is 0 Å². The van der Waals surface area contributed by atoms with E-state index in [2.05, 4.69) is 25.8 Å². The first kappa shape index (κ1) is 24.0. The highest BCUT2D eigenvalue weighted by atomic mass is 19.3. The van der Waals surface area contributed by atoms with Crippen LogP contribution in [-0.4, -0.2) is 61.4 Å². The van der Waals surface area contributed by atoms with Gasteiger partial charge in [0.1, 0.15) is 18.0 Å². The molecule has 4 heterocycles. The minimum atomic E-state index is -2.88. The molecule has 9 nitrogen and oxygen atoms in total. The highest BCUT2D eigenvalue weighted by Crippen LogP contribution is 2.30. The van der Waals surface area contributed by atoms with Crippen LogP contribution in [-0.2, 0) is 0 Å². The molecule has 1 saturated heterocycles. The van der Waals surface area contributed by atoms with Crippen molar-refractivity contribution in [3.8, 4) is 5.82 Å². The molecule has 1 fully saturated rings. The molecule has 0 bridgehead atoms. The predicted molar refractivity (Wildman–Crippen MR) is 134 cm³/mol. The third-order valence-electron chi connectivity index (χ3n) is 6.29. The van der Waals surface area contributed by atoms with E-state index < -0.39 is 18.1 Å². The minimum Gasteiger partial charge on any atom is -0.389 e. The number of nitrogens with one attached hydrogen (secondary N) is 2. The number of rotatable bonds is 6. The van der Waals surface area contributed by atoms with Gasteiger partial charge < -0.3 is 20.6 Å². The molecule has 1 aliphatic heterocycles. The summed E-state index contributed by atoms with van der Waals surface area (Å²) in [5.74, 6) is -1.17. The first-order valence-electron chi connectivity index (χ1n) is 11.8. The van der Waals surface area contributed by atoms with E-state index in [0.29, 0.717) is 36.1 Å². The number of benzene rings is 1. The molecule has 0 spiro atoms. The lowest BCUT2D eigenvalue weighted by Crippen LogP contribution is -2.57. The number of aryl methyl sites for hydroxylation is 1. The van der Waals surface area contributed by atoms with Gasteiger partial charge in [-0.1, -0.05) is 0 Å². The molecule has 2 atom stereocenters. The van der Waals surface area contributed by atoms with E-state index in [1.807, 2.05) is 46.7 Å². The van der Waals surface area contributed by atoms with Crippen LogP contribution >= 0.6 is 0 Å². The number of hydrogen-bond donors (Lipinski definition) is 3. The van der Waals surface area contributed by atoms with E-state index >= 15 is 0 Å². The molecule has 1 aromatic carbocycles. The molecule has 0 aliphatic carbocycles. The monoisotopic (exact) mass is 494 g/mol. The highest BCUT2D eigenvalue weighted by Gasteiger charge is 2.38. The van der Waals surface area contributed by atoms with Crippen molar-refractivity contribution in [2.75, 3.05) is 29.9 Å². The molecule has 4 aromatic rings. The van der Waals surface area contributed by atoms with Crippen LogP contribution in [0.5, 0.6) is 0 Å². The minimum absolute atomic E-state index is 0.0846. The summed E-state index contributed by atoms with van der Waals surface area (Å²) >= 11 is 0. The second-order valence-corrected chi connectivity index (χ2v) is 9.17. The Hall–Kier alpha value is -3.70. The Kier molecular flexibility index (Phi) is 6.27. The highest BCUT2D eigenvalue weighted by molar-refractivity contribution is 5.82. The van der Waals surface area contributed by atoms with Crippen molar-refractivity contribution >= 4 is 28.4 Å². The maximum Gasteiger partial charge on any atom is 0.262 e. The van der Waals surface area contributed by atoms with Crippen molar-refractivity contribution in [3.05, 3.63) is 60.0 Å². The van der Waals surface area contributed by atoms with Crippen LogP contribution in [0.25, 0.3) is 16.9 Å². The summed E-state index contributed by atoms with van der Waals surface area (Å²) in [4.78, 5) is 11.2. The molecule has 0 amide bonds. The molecule has 36 heavy (non-hydrogen) atoms. The van der Waals surface area contributed by atoms with Gasteiger partial charge in [-0.3, -0.25) is 4.57 Å². The number of alkyl halides is 2. The van der Waals surface area contributed by atoms with E-state index in [-0.39, 0.29) is 6.54 Å². The van der Waals surface area contributed by atoms with Gasteiger partial charge >= 0.3 is 0 Å². The zero-order chi connectivity index (χ0) is 25.4. The summed E-state index contributed by atoms with van der Waals surface area (Å²) in [6.07, 6.45) is 0.879. The first-order valence-corrected chi connectivity index (χ1v) is 11.8. The fraction of sp³-hybridized carbons (Fsp3) is 0.360. The molecule has 11 heteroatoms. The smallest absolute Gasteiger partial charge is 0.262 e. The van der Waals surface area contributed by atoms with Crippen molar-refractivity contribution in [2.45, 2.75) is 38.8 Å². The van der Waals surface area contributed by atoms with Gasteiger partial charge in [-0.15, -0.1) is 5.10 Å². The van der Waals surface area contributed by atoms with E-state index in [1.54, 1.807) is 25.4 Å². The van der Waals surface area contributed by atoms with Crippen molar-refractivity contribution in [3.63, 3.8) is 0 Å². The average molecular weight is 495 g/mol. The van der Waals surface area contributed by atoms with Gasteiger partial charge in [0.2, 0.25) is 0 Å². The van der Waals surface area contributed by atoms with Crippen LogP contribution in [0.3, 0.4) is 0 Å². The van der Waals surface area contributed by atoms with E-state index in [9.17, 15) is 13.9 Å². The average Bonchev–Trinajstić information content (AvgIpc) is 3.28. The molecule has 5 rings (SSSR count). The fourth-order valence-corrected chi connectivity index (χ4v) is 4.33. The second kappa shape index (κ2) is 9.40. The van der Waals surface area contributed by atoms with Crippen LogP contribution < -0.4 is 15.5 Å². The number of aliphatic hydroxyl groups is 1. The number of pyridine rings is 1. The lowest BCUT2D eigenvalue weighted by Gasteiger charge is -2.38. The number of hydrogen-bond acceptors (Lipinski definition) is 8. The molecule has 3 N–H and O–H groups in total. The molecule has 188 valence electrons. The van der Waals surface area contributed by atoms with Crippen LogP contribution in [0.2, 0.25) is 0 Å². The van der Waals surface area contributed by atoms with Gasteiger partial charge in [0.25, 0.3) is 5.92 Å². The topological polar surface area (TPSA) is 104 Å². The number of nitrogens with zero attached hydrogens (tertiary/aromatic N) is 6. The zero-order valence-electron chi connectivity index (χ0n) is 20.3. The van der Waals surface area contributed by atoms with Gasteiger partial charge in [0.05, 0.1) is 28.9 Å². The third kappa shape index (κ3) is 4.84. The summed E-state index contributed by atoms with van der Waals surface area (Å²) in [7, 11) is 0. The quantitative estimate of drug-likeness (QED) is 0.372. The number of aromatic nitrogens is 5. The Morgan fingerprint density at radius 1 is 1.17 bits per heavy atom. The van der Waals surface area contributed by atoms with Crippen molar-refractivity contribution < 1.29 is 13.9 Å². The van der Waals surface area contributed by atoms with E-state index in [0.717, 1.165) is 29.3 Å². The number of piperazine rings is 1. The van der Waals surface area contributed by atoms with Crippen molar-refractivity contribution in [1.82, 2.24) is 30.0 Å². The summed E-state index contributed by atoms with van der Waals surface area (Å²) in [6.45, 7) is 5.43. The molecular formula is C25H28F2N8O. The number of halogens is 2. The lowest BCUT2D eigenvalue weighted by atomic mass is 10.1. The summed E-state index contributed by atoms with van der Waals surface area (Å²) in [5, 5.41) is 24.7. The largest absolute Gasteiger partial charge is 0.389 e. The normalized spacial score (nSPS) is 17.4. The summed E-state index contributed by atoms with van der Waals surface area (Å²) in [5.41, 5.74) is 3.82. The number of anilines is 3. The van der Waals surface area contributed by atoms with Crippen molar-refractivity contribution in [1.29, 1.82) is 0 Å². The van der Waals surface area contributed by atoms with E-state index in [1.165, 1.54) is 0 Å². The van der Waals surface area contributed by atoms with E-state index in [4.69, 9.17) is 4.98 Å². The van der Waals surface area contributed by atoms with Crippen LogP contribution in [0.1, 0.15) is 31.2 Å². The molecule has 1 aliphatic rings. The SMILES string of the molecule is Cc1ccc(Nc2ccc3c(c2)ncn3-c2ccc(C(C)O)c(N3CCNC(C(C)(F)F)C3)n2)nn1. The molecule has 0 saturated carbocycles. The van der Waals surface area contributed by atoms with Crippen LogP contribution in [0, 0.1) is 6.92 Å². The van der Waals surface area contributed by atoms with Gasteiger partial charge in [-0.2, -0.15) is 5.10 Å². The summed E-state index contributed by atoms with van der Waals surface area (Å²) in [6, 6.07) is 12.1. The van der Waals surface area contributed by atoms with Gasteiger partial charge in [0.15, 0.2) is 5.82 Å². The zero-order valence-corrected chi connectivity index (χ0v) is 20.3. The standard InChI is InChI=1S/C25H28F2N8O/c1-15-4-8-22(33-32-15)30-17-5-7-20-19(12-17)29-14-35(20)23-9-6-18(16(2)36)24(31-23)34-11-10-28-21(13-34)25(3,26)27/h4-9,12,14,16,21,28,36H,10-11,13H2,1-3H3,(H,30,33). The number of aliphatic hydroxyl groups excluding tert-OH is 1. The Morgan fingerprint density at radius 3 is 2.72 bits per heavy atom. The van der Waals surface area contributed by atoms with Gasteiger partial charge in [-0.05, 0) is 56.3 Å². The lowest BCUT2D eigenvalue weighted by molar-refractivity contribution is -0.0189. The first-order chi connectivity index (χ1) is 17.2. The number of imidazole rings is 1. The molecule has 0 radical (unpaired) electrons. The maximum atomic E-state index is 14.0. The Morgan fingerprint density at radius 2 is 2.00 bits per heavy atom. The third-order valence-corrected chi connectivity index (χ3v) is 6.29. The van der Waals surface area contributed by atoms with Crippen LogP contribution in [0.4, 0.5) is 26.1 Å². The Bertz CT molecular complexity index is 1370. The maximum absolute atomic E-state index is 14.0. The summed E-state index contributed by atoms with van der Waals surface area (Å²) < 4.78 is 29.9. The molecule has 2 unspecified atom stereocenters. The Labute approximate surface area is 207 Å².